The minimum atomic E-state index is -1.12. The molecule has 0 spiro atoms. The van der Waals surface area contributed by atoms with Crippen LogP contribution in [0, 0.1) is 17.0 Å². The molecule has 0 bridgehead atoms. The highest BCUT2D eigenvalue weighted by atomic mass is 19.2. The fourth-order valence-electron chi connectivity index (χ4n) is 2.05. The van der Waals surface area contributed by atoms with Crippen LogP contribution in [0.3, 0.4) is 0 Å². The molecule has 0 saturated heterocycles. The summed E-state index contributed by atoms with van der Waals surface area (Å²) in [6.07, 6.45) is 0.263. The van der Waals surface area contributed by atoms with Crippen molar-refractivity contribution in [3.05, 3.63) is 35.4 Å². The molecule has 0 aromatic heterocycles. The van der Waals surface area contributed by atoms with Crippen LogP contribution < -0.4 is 5.73 Å². The zero-order valence-corrected chi connectivity index (χ0v) is 8.41. The van der Waals surface area contributed by atoms with Gasteiger partial charge in [-0.1, -0.05) is 12.1 Å². The summed E-state index contributed by atoms with van der Waals surface area (Å²) < 4.78 is 26.4. The van der Waals surface area contributed by atoms with Crippen molar-refractivity contribution >= 4 is 5.97 Å². The van der Waals surface area contributed by atoms with Gasteiger partial charge in [-0.2, -0.15) is 0 Å². The normalized spacial score (nSPS) is 27.8. The van der Waals surface area contributed by atoms with Crippen LogP contribution in [0.4, 0.5) is 8.78 Å². The summed E-state index contributed by atoms with van der Waals surface area (Å²) in [6, 6.07) is 3.78. The van der Waals surface area contributed by atoms with E-state index >= 15 is 0 Å². The van der Waals surface area contributed by atoms with Gasteiger partial charge in [-0.3, -0.25) is 4.79 Å². The SMILES string of the molecule is NCC1(C(=O)O)CC1c1cccc(F)c1F. The molecule has 1 aliphatic rings. The zero-order chi connectivity index (χ0) is 11.9. The second-order valence-corrected chi connectivity index (χ2v) is 4.07. The first-order valence-electron chi connectivity index (χ1n) is 4.90. The Morgan fingerprint density at radius 2 is 2.25 bits per heavy atom. The highest BCUT2D eigenvalue weighted by Crippen LogP contribution is 2.59. The van der Waals surface area contributed by atoms with Crippen molar-refractivity contribution in [1.82, 2.24) is 0 Å². The van der Waals surface area contributed by atoms with Crippen LogP contribution in [0.15, 0.2) is 18.2 Å². The lowest BCUT2D eigenvalue weighted by Crippen LogP contribution is -2.26. The first-order valence-corrected chi connectivity index (χ1v) is 4.90. The molecular formula is C11H11F2NO2. The summed E-state index contributed by atoms with van der Waals surface area (Å²) >= 11 is 0. The van der Waals surface area contributed by atoms with Crippen molar-refractivity contribution in [3.8, 4) is 0 Å². The lowest BCUT2D eigenvalue weighted by molar-refractivity contribution is -0.143. The Labute approximate surface area is 90.9 Å². The largest absolute Gasteiger partial charge is 0.481 e. The third-order valence-corrected chi connectivity index (χ3v) is 3.22. The first kappa shape index (κ1) is 11.0. The Kier molecular flexibility index (Phi) is 2.42. The van der Waals surface area contributed by atoms with Crippen LogP contribution in [-0.2, 0) is 4.79 Å². The van der Waals surface area contributed by atoms with Crippen LogP contribution in [0.25, 0.3) is 0 Å². The van der Waals surface area contributed by atoms with Crippen molar-refractivity contribution in [2.75, 3.05) is 6.54 Å². The molecule has 5 heteroatoms. The smallest absolute Gasteiger partial charge is 0.311 e. The number of hydrogen-bond donors (Lipinski definition) is 2. The predicted octanol–water partition coefficient (Wildman–Crippen LogP) is 1.48. The van der Waals surface area contributed by atoms with Gasteiger partial charge in [-0.15, -0.1) is 0 Å². The van der Waals surface area contributed by atoms with Gasteiger partial charge in [-0.05, 0) is 18.1 Å². The van der Waals surface area contributed by atoms with E-state index in [1.807, 2.05) is 0 Å². The minimum absolute atomic E-state index is 0.0665. The van der Waals surface area contributed by atoms with Gasteiger partial charge in [0.1, 0.15) is 0 Å². The third-order valence-electron chi connectivity index (χ3n) is 3.22. The average molecular weight is 227 g/mol. The van der Waals surface area contributed by atoms with E-state index < -0.39 is 28.9 Å². The molecule has 2 atom stereocenters. The summed E-state index contributed by atoms with van der Waals surface area (Å²) in [5.41, 5.74) is 4.38. The van der Waals surface area contributed by atoms with Crippen molar-refractivity contribution in [1.29, 1.82) is 0 Å². The van der Waals surface area contributed by atoms with E-state index in [4.69, 9.17) is 10.8 Å². The number of rotatable bonds is 3. The molecule has 86 valence electrons. The molecule has 1 saturated carbocycles. The van der Waals surface area contributed by atoms with Gasteiger partial charge in [-0.25, -0.2) is 8.78 Å². The molecule has 1 aliphatic carbocycles. The molecule has 0 radical (unpaired) electrons. The van der Waals surface area contributed by atoms with Crippen LogP contribution >= 0.6 is 0 Å². The molecule has 0 amide bonds. The molecule has 16 heavy (non-hydrogen) atoms. The van der Waals surface area contributed by atoms with Crippen molar-refractivity contribution in [2.24, 2.45) is 11.1 Å². The van der Waals surface area contributed by atoms with Gasteiger partial charge >= 0.3 is 5.97 Å². The van der Waals surface area contributed by atoms with Gasteiger partial charge < -0.3 is 10.8 Å². The standard InChI is InChI=1S/C11H11F2NO2/c12-8-3-1-2-6(9(8)13)7-4-11(7,5-14)10(15)16/h1-3,7H,4-5,14H2,(H,15,16). The van der Waals surface area contributed by atoms with Crippen LogP contribution in [0.5, 0.6) is 0 Å². The Morgan fingerprint density at radius 3 is 2.75 bits per heavy atom. The van der Waals surface area contributed by atoms with Crippen molar-refractivity contribution in [3.63, 3.8) is 0 Å². The second-order valence-electron chi connectivity index (χ2n) is 4.07. The molecule has 3 nitrogen and oxygen atoms in total. The minimum Gasteiger partial charge on any atom is -0.481 e. The number of hydrogen-bond acceptors (Lipinski definition) is 2. The van der Waals surface area contributed by atoms with E-state index in [9.17, 15) is 13.6 Å². The van der Waals surface area contributed by atoms with Gasteiger partial charge in [0.15, 0.2) is 11.6 Å². The molecular weight excluding hydrogens is 216 g/mol. The molecule has 2 rings (SSSR count). The zero-order valence-electron chi connectivity index (χ0n) is 8.41. The Morgan fingerprint density at radius 1 is 1.56 bits per heavy atom. The third kappa shape index (κ3) is 1.39. The van der Waals surface area contributed by atoms with E-state index in [-0.39, 0.29) is 18.5 Å². The lowest BCUT2D eigenvalue weighted by Gasteiger charge is -2.09. The van der Waals surface area contributed by atoms with Crippen molar-refractivity contribution < 1.29 is 18.7 Å². The van der Waals surface area contributed by atoms with Gasteiger partial charge in [0.2, 0.25) is 0 Å². The summed E-state index contributed by atoms with van der Waals surface area (Å²) in [7, 11) is 0. The summed E-state index contributed by atoms with van der Waals surface area (Å²) in [4.78, 5) is 11.0. The quantitative estimate of drug-likeness (QED) is 0.822. The molecule has 1 aromatic carbocycles. The second kappa shape index (κ2) is 3.52. The maximum atomic E-state index is 13.4. The number of carbonyl (C=O) groups is 1. The van der Waals surface area contributed by atoms with Crippen LogP contribution in [0.1, 0.15) is 17.9 Å². The van der Waals surface area contributed by atoms with E-state index in [0.29, 0.717) is 0 Å². The Balaban J connectivity index is 2.36. The van der Waals surface area contributed by atoms with E-state index in [1.165, 1.54) is 12.1 Å². The monoisotopic (exact) mass is 227 g/mol. The number of benzene rings is 1. The van der Waals surface area contributed by atoms with E-state index in [0.717, 1.165) is 6.07 Å². The number of nitrogens with two attached hydrogens (primary N) is 1. The maximum absolute atomic E-state index is 13.4. The lowest BCUT2D eigenvalue weighted by atomic mass is 9.99. The van der Waals surface area contributed by atoms with Crippen molar-refractivity contribution in [2.45, 2.75) is 12.3 Å². The highest BCUT2D eigenvalue weighted by molar-refractivity contribution is 5.81. The summed E-state index contributed by atoms with van der Waals surface area (Å²) in [5, 5.41) is 9.00. The Hall–Kier alpha value is -1.49. The van der Waals surface area contributed by atoms with E-state index in [2.05, 4.69) is 0 Å². The number of carboxylic acids is 1. The maximum Gasteiger partial charge on any atom is 0.311 e. The molecule has 3 N–H and O–H groups in total. The average Bonchev–Trinajstić information content (AvgIpc) is 2.98. The first-order chi connectivity index (χ1) is 7.53. The number of carboxylic acid groups (broad SMARTS) is 1. The number of aliphatic carboxylic acids is 1. The summed E-state index contributed by atoms with van der Waals surface area (Å²) in [6.45, 7) is -0.0665. The van der Waals surface area contributed by atoms with Gasteiger partial charge in [0, 0.05) is 12.5 Å². The van der Waals surface area contributed by atoms with Crippen LogP contribution in [-0.4, -0.2) is 17.6 Å². The molecule has 2 unspecified atom stereocenters. The highest BCUT2D eigenvalue weighted by Gasteiger charge is 2.60. The topological polar surface area (TPSA) is 63.3 Å². The molecule has 1 fully saturated rings. The van der Waals surface area contributed by atoms with E-state index in [1.54, 1.807) is 0 Å². The van der Waals surface area contributed by atoms with Gasteiger partial charge in [0.05, 0.1) is 5.41 Å². The predicted molar refractivity (Wildman–Crippen MR) is 52.8 cm³/mol. The Bertz CT molecular complexity index is 450. The fraction of sp³-hybridized carbons (Fsp3) is 0.364. The summed E-state index contributed by atoms with van der Waals surface area (Å²) in [5.74, 6) is -3.50. The fourth-order valence-corrected chi connectivity index (χ4v) is 2.05. The number of halogens is 2. The molecule has 0 heterocycles. The van der Waals surface area contributed by atoms with Gasteiger partial charge in [0.25, 0.3) is 0 Å². The molecule has 1 aromatic rings. The molecule has 0 aliphatic heterocycles. The van der Waals surface area contributed by atoms with Crippen LogP contribution in [0.2, 0.25) is 0 Å².